The van der Waals surface area contributed by atoms with Crippen LogP contribution in [0, 0.1) is 13.8 Å². The van der Waals surface area contributed by atoms with Gasteiger partial charge in [0.15, 0.2) is 0 Å². The molecular weight excluding hydrogens is 236 g/mol. The highest BCUT2D eigenvalue weighted by atomic mass is 32.1. The van der Waals surface area contributed by atoms with Crippen LogP contribution in [-0.4, -0.2) is 15.4 Å². The van der Waals surface area contributed by atoms with Crippen LogP contribution in [-0.2, 0) is 6.42 Å². The number of fused-ring (bicyclic) bond motifs is 1. The Hall–Kier alpha value is -1.82. The maximum absolute atomic E-state index is 5.90. The Bertz CT molecular complexity index is 679. The van der Waals surface area contributed by atoms with E-state index >= 15 is 0 Å². The number of rotatable bonds is 2. The zero-order valence-electron chi connectivity index (χ0n) is 9.57. The summed E-state index contributed by atoms with van der Waals surface area (Å²) in [6.45, 7) is 3.96. The summed E-state index contributed by atoms with van der Waals surface area (Å²) in [7, 11) is 0. The summed E-state index contributed by atoms with van der Waals surface area (Å²) in [4.78, 5) is 1.07. The van der Waals surface area contributed by atoms with Crippen LogP contribution >= 0.6 is 11.3 Å². The number of hydrogen-bond donors (Lipinski definition) is 2. The van der Waals surface area contributed by atoms with Gasteiger partial charge in [0.25, 0.3) is 0 Å². The lowest BCUT2D eigenvalue weighted by molar-refractivity contribution is 0.448. The number of aryl methyl sites for hydroxylation is 2. The second kappa shape index (κ2) is 3.59. The monoisotopic (exact) mass is 248 g/mol. The van der Waals surface area contributed by atoms with Crippen LogP contribution in [0.25, 0.3) is 10.3 Å². The molecule has 0 radical (unpaired) electrons. The Morgan fingerprint density at radius 3 is 3.00 bits per heavy atom. The lowest BCUT2D eigenvalue weighted by Crippen LogP contribution is -1.88. The third-order valence-electron chi connectivity index (χ3n) is 2.70. The van der Waals surface area contributed by atoms with Crippen LogP contribution in [0.3, 0.4) is 0 Å². The zero-order chi connectivity index (χ0) is 12.0. The standard InChI is InChI=1S/C11H12N4OS/c1-5-3-7(14-13-5)4-8-11-10(16-15-8)9(12)6(2)17-11/h3H,4,12H2,1-2H3,(H,13,14). The van der Waals surface area contributed by atoms with Gasteiger partial charge in [-0.05, 0) is 19.9 Å². The van der Waals surface area contributed by atoms with Gasteiger partial charge in [-0.25, -0.2) is 0 Å². The molecule has 3 aromatic heterocycles. The molecule has 3 rings (SSSR count). The van der Waals surface area contributed by atoms with E-state index in [9.17, 15) is 0 Å². The summed E-state index contributed by atoms with van der Waals surface area (Å²) in [6.07, 6.45) is 0.663. The van der Waals surface area contributed by atoms with Gasteiger partial charge in [0.1, 0.15) is 10.4 Å². The Balaban J connectivity index is 2.03. The van der Waals surface area contributed by atoms with Crippen LogP contribution < -0.4 is 5.73 Å². The summed E-state index contributed by atoms with van der Waals surface area (Å²) in [5.41, 5.74) is 10.2. The maximum atomic E-state index is 5.90. The normalized spacial score (nSPS) is 11.4. The van der Waals surface area contributed by atoms with Gasteiger partial charge in [-0.1, -0.05) is 5.16 Å². The Kier molecular flexibility index (Phi) is 2.19. The van der Waals surface area contributed by atoms with E-state index in [1.807, 2.05) is 19.9 Å². The van der Waals surface area contributed by atoms with Crippen LogP contribution in [0.15, 0.2) is 10.6 Å². The minimum Gasteiger partial charge on any atom is -0.395 e. The molecule has 0 amide bonds. The minimum atomic E-state index is 0.663. The number of nitrogens with two attached hydrogens (primary N) is 1. The molecule has 3 N–H and O–H groups in total. The quantitative estimate of drug-likeness (QED) is 0.729. The van der Waals surface area contributed by atoms with Crippen molar-refractivity contribution in [1.82, 2.24) is 15.4 Å². The number of anilines is 1. The molecule has 0 bridgehead atoms. The number of nitrogens with zero attached hydrogens (tertiary/aromatic N) is 2. The Morgan fingerprint density at radius 1 is 1.47 bits per heavy atom. The molecule has 0 saturated carbocycles. The highest BCUT2D eigenvalue weighted by molar-refractivity contribution is 7.19. The number of hydrogen-bond acceptors (Lipinski definition) is 5. The topological polar surface area (TPSA) is 80.7 Å². The average molecular weight is 248 g/mol. The second-order valence-electron chi connectivity index (χ2n) is 4.08. The summed E-state index contributed by atoms with van der Waals surface area (Å²) in [6, 6.07) is 2.00. The van der Waals surface area contributed by atoms with E-state index in [-0.39, 0.29) is 0 Å². The molecule has 3 aromatic rings. The number of nitrogen functional groups attached to an aromatic ring is 1. The molecule has 0 aromatic carbocycles. The first-order chi connectivity index (χ1) is 8.15. The molecule has 0 spiro atoms. The molecule has 3 heterocycles. The molecule has 88 valence electrons. The number of H-pyrrole nitrogens is 1. The van der Waals surface area contributed by atoms with Crippen LogP contribution in [0.2, 0.25) is 0 Å². The summed E-state index contributed by atoms with van der Waals surface area (Å²) in [5.74, 6) is 0. The molecular formula is C11H12N4OS. The molecule has 17 heavy (non-hydrogen) atoms. The number of aromatic amines is 1. The molecule has 0 aliphatic heterocycles. The zero-order valence-corrected chi connectivity index (χ0v) is 10.4. The Morgan fingerprint density at radius 2 is 2.29 bits per heavy atom. The van der Waals surface area contributed by atoms with E-state index in [0.717, 1.165) is 26.7 Å². The molecule has 0 unspecified atom stereocenters. The van der Waals surface area contributed by atoms with Crippen molar-refractivity contribution in [3.63, 3.8) is 0 Å². The fourth-order valence-corrected chi connectivity index (χ4v) is 2.78. The number of nitrogens with one attached hydrogen (secondary N) is 1. The lowest BCUT2D eigenvalue weighted by atomic mass is 10.2. The largest absolute Gasteiger partial charge is 0.395 e. The first-order valence-corrected chi connectivity index (χ1v) is 6.11. The maximum Gasteiger partial charge on any atom is 0.201 e. The molecule has 0 aliphatic rings. The van der Waals surface area contributed by atoms with E-state index in [2.05, 4.69) is 15.4 Å². The first-order valence-electron chi connectivity index (χ1n) is 5.29. The van der Waals surface area contributed by atoms with Crippen LogP contribution in [0.5, 0.6) is 0 Å². The fourth-order valence-electron chi connectivity index (χ4n) is 1.81. The molecule has 0 saturated heterocycles. The van der Waals surface area contributed by atoms with Gasteiger partial charge in [0, 0.05) is 17.0 Å². The molecule has 6 heteroatoms. The first kappa shape index (κ1) is 10.3. The van der Waals surface area contributed by atoms with Gasteiger partial charge < -0.3 is 10.3 Å². The average Bonchev–Trinajstić information content (AvgIpc) is 2.92. The van der Waals surface area contributed by atoms with Crippen molar-refractivity contribution >= 4 is 27.3 Å². The van der Waals surface area contributed by atoms with E-state index in [0.29, 0.717) is 17.7 Å². The molecule has 0 atom stereocenters. The fraction of sp³-hybridized carbons (Fsp3) is 0.273. The highest BCUT2D eigenvalue weighted by Gasteiger charge is 2.16. The SMILES string of the molecule is Cc1cc(Cc2noc3c(N)c(C)sc23)n[nH]1. The van der Waals surface area contributed by atoms with Crippen molar-refractivity contribution in [3.05, 3.63) is 28.0 Å². The van der Waals surface area contributed by atoms with Gasteiger partial charge in [-0.15, -0.1) is 11.3 Å². The molecule has 5 nitrogen and oxygen atoms in total. The summed E-state index contributed by atoms with van der Waals surface area (Å²) >= 11 is 1.62. The van der Waals surface area contributed by atoms with Gasteiger partial charge in [-0.2, -0.15) is 5.10 Å². The summed E-state index contributed by atoms with van der Waals surface area (Å²) in [5, 5.41) is 11.2. The predicted octanol–water partition coefficient (Wildman–Crippen LogP) is 2.40. The smallest absolute Gasteiger partial charge is 0.201 e. The van der Waals surface area contributed by atoms with Gasteiger partial charge >= 0.3 is 0 Å². The van der Waals surface area contributed by atoms with Crippen molar-refractivity contribution in [1.29, 1.82) is 0 Å². The minimum absolute atomic E-state index is 0.663. The number of aromatic nitrogens is 3. The van der Waals surface area contributed by atoms with Gasteiger partial charge in [0.05, 0.1) is 11.4 Å². The summed E-state index contributed by atoms with van der Waals surface area (Å²) < 4.78 is 6.31. The van der Waals surface area contributed by atoms with Crippen molar-refractivity contribution in [2.24, 2.45) is 0 Å². The van der Waals surface area contributed by atoms with Crippen molar-refractivity contribution in [3.8, 4) is 0 Å². The van der Waals surface area contributed by atoms with E-state index in [1.54, 1.807) is 11.3 Å². The number of thiophene rings is 1. The van der Waals surface area contributed by atoms with Gasteiger partial charge in [0.2, 0.25) is 5.58 Å². The second-order valence-corrected chi connectivity index (χ2v) is 5.30. The molecule has 0 fully saturated rings. The van der Waals surface area contributed by atoms with Crippen molar-refractivity contribution in [2.45, 2.75) is 20.3 Å². The van der Waals surface area contributed by atoms with E-state index in [4.69, 9.17) is 10.3 Å². The van der Waals surface area contributed by atoms with E-state index in [1.165, 1.54) is 0 Å². The highest BCUT2D eigenvalue weighted by Crippen LogP contribution is 2.35. The van der Waals surface area contributed by atoms with Crippen molar-refractivity contribution < 1.29 is 4.52 Å². The van der Waals surface area contributed by atoms with E-state index < -0.39 is 0 Å². The van der Waals surface area contributed by atoms with Crippen LogP contribution in [0.1, 0.15) is 22.0 Å². The predicted molar refractivity (Wildman–Crippen MR) is 67.2 cm³/mol. The van der Waals surface area contributed by atoms with Gasteiger partial charge in [-0.3, -0.25) is 5.10 Å². The lowest BCUT2D eigenvalue weighted by Gasteiger charge is -1.89. The van der Waals surface area contributed by atoms with Crippen molar-refractivity contribution in [2.75, 3.05) is 5.73 Å². The molecule has 0 aliphatic carbocycles. The Labute approximate surface area is 102 Å². The van der Waals surface area contributed by atoms with Crippen LogP contribution in [0.4, 0.5) is 5.69 Å². The third-order valence-corrected chi connectivity index (χ3v) is 3.85. The third kappa shape index (κ3) is 1.61.